The van der Waals surface area contributed by atoms with Gasteiger partial charge in [0, 0.05) is 12.1 Å². The van der Waals surface area contributed by atoms with Gasteiger partial charge < -0.3 is 11.1 Å². The van der Waals surface area contributed by atoms with Crippen LogP contribution in [0.25, 0.3) is 0 Å². The quantitative estimate of drug-likeness (QED) is 0.816. The Morgan fingerprint density at radius 2 is 2.12 bits per heavy atom. The largest absolute Gasteiger partial charge is 0.381 e. The van der Waals surface area contributed by atoms with Crippen molar-refractivity contribution >= 4 is 11.6 Å². The minimum absolute atomic E-state index is 0.0534. The SMILES string of the molecule is CC1CCCC1Nc1nc(N)c(F)cc1F. The standard InChI is InChI=1S/C11H15F2N3/c1-6-3-2-4-9(6)15-11-8(13)5-7(12)10(14)16-11/h5-6,9H,2-4H2,1H3,(H3,14,15,16). The third-order valence-corrected chi connectivity index (χ3v) is 3.14. The lowest BCUT2D eigenvalue weighted by molar-refractivity contribution is 0.541. The van der Waals surface area contributed by atoms with Gasteiger partial charge in [-0.1, -0.05) is 13.3 Å². The highest BCUT2D eigenvalue weighted by Crippen LogP contribution is 2.28. The van der Waals surface area contributed by atoms with Crippen LogP contribution >= 0.6 is 0 Å². The van der Waals surface area contributed by atoms with Crippen molar-refractivity contribution in [2.24, 2.45) is 5.92 Å². The summed E-state index contributed by atoms with van der Waals surface area (Å²) in [6.07, 6.45) is 3.23. The van der Waals surface area contributed by atoms with Gasteiger partial charge in [0.2, 0.25) is 0 Å². The number of anilines is 2. The molecule has 3 N–H and O–H groups in total. The molecule has 16 heavy (non-hydrogen) atoms. The molecule has 1 aliphatic carbocycles. The summed E-state index contributed by atoms with van der Waals surface area (Å²) in [6, 6.07) is 0.969. The summed E-state index contributed by atoms with van der Waals surface area (Å²) in [4.78, 5) is 3.69. The summed E-state index contributed by atoms with van der Waals surface area (Å²) in [5, 5.41) is 2.99. The number of aromatic nitrogens is 1. The first-order valence-corrected chi connectivity index (χ1v) is 5.46. The molecule has 0 saturated heterocycles. The van der Waals surface area contributed by atoms with Gasteiger partial charge in [0.05, 0.1) is 0 Å². The highest BCUT2D eigenvalue weighted by atomic mass is 19.1. The highest BCUT2D eigenvalue weighted by Gasteiger charge is 2.24. The zero-order valence-electron chi connectivity index (χ0n) is 9.13. The van der Waals surface area contributed by atoms with Crippen LogP contribution in [0, 0.1) is 17.6 Å². The fourth-order valence-electron chi connectivity index (χ4n) is 2.12. The van der Waals surface area contributed by atoms with E-state index in [1.54, 1.807) is 0 Å². The maximum Gasteiger partial charge on any atom is 0.168 e. The zero-order chi connectivity index (χ0) is 11.7. The number of hydrogen-bond acceptors (Lipinski definition) is 3. The second-order valence-corrected chi connectivity index (χ2v) is 4.34. The molecule has 0 amide bonds. The van der Waals surface area contributed by atoms with Crippen molar-refractivity contribution in [2.45, 2.75) is 32.2 Å². The minimum atomic E-state index is -0.817. The van der Waals surface area contributed by atoms with Gasteiger partial charge in [-0.25, -0.2) is 13.8 Å². The van der Waals surface area contributed by atoms with Gasteiger partial charge in [-0.2, -0.15) is 0 Å². The molecule has 0 bridgehead atoms. The zero-order valence-corrected chi connectivity index (χ0v) is 9.13. The Morgan fingerprint density at radius 3 is 2.75 bits per heavy atom. The summed E-state index contributed by atoms with van der Waals surface area (Å²) >= 11 is 0. The highest BCUT2D eigenvalue weighted by molar-refractivity contribution is 5.45. The molecule has 88 valence electrons. The fraction of sp³-hybridized carbons (Fsp3) is 0.545. The van der Waals surface area contributed by atoms with Crippen molar-refractivity contribution in [3.05, 3.63) is 17.7 Å². The Bertz CT molecular complexity index is 395. The summed E-state index contributed by atoms with van der Waals surface area (Å²) in [5.41, 5.74) is 5.31. The van der Waals surface area contributed by atoms with E-state index in [9.17, 15) is 8.78 Å². The number of halogens is 2. The van der Waals surface area contributed by atoms with E-state index < -0.39 is 11.6 Å². The molecular formula is C11H15F2N3. The van der Waals surface area contributed by atoms with Gasteiger partial charge in [-0.3, -0.25) is 0 Å². The summed E-state index contributed by atoms with van der Waals surface area (Å²) < 4.78 is 26.3. The van der Waals surface area contributed by atoms with Crippen molar-refractivity contribution in [1.82, 2.24) is 4.98 Å². The third-order valence-electron chi connectivity index (χ3n) is 3.14. The fourth-order valence-corrected chi connectivity index (χ4v) is 2.12. The molecule has 0 aromatic carbocycles. The van der Waals surface area contributed by atoms with Crippen LogP contribution in [0.1, 0.15) is 26.2 Å². The summed E-state index contributed by atoms with van der Waals surface area (Å²) in [6.45, 7) is 2.11. The molecule has 1 saturated carbocycles. The molecule has 1 heterocycles. The molecule has 1 aliphatic rings. The van der Waals surface area contributed by atoms with Crippen LogP contribution in [0.3, 0.4) is 0 Å². The second kappa shape index (κ2) is 4.23. The van der Waals surface area contributed by atoms with Crippen LogP contribution in [0.5, 0.6) is 0 Å². The number of nitrogens with two attached hydrogens (primary N) is 1. The first kappa shape index (κ1) is 11.1. The lowest BCUT2D eigenvalue weighted by Crippen LogP contribution is -2.23. The van der Waals surface area contributed by atoms with Crippen LogP contribution in [0.4, 0.5) is 20.4 Å². The minimum Gasteiger partial charge on any atom is -0.381 e. The van der Waals surface area contributed by atoms with E-state index in [0.29, 0.717) is 5.92 Å². The molecule has 0 spiro atoms. The molecule has 5 heteroatoms. The molecule has 3 nitrogen and oxygen atoms in total. The Morgan fingerprint density at radius 1 is 1.38 bits per heavy atom. The predicted molar refractivity (Wildman–Crippen MR) is 59.0 cm³/mol. The van der Waals surface area contributed by atoms with E-state index in [1.165, 1.54) is 0 Å². The Kier molecular flexibility index (Phi) is 2.94. The van der Waals surface area contributed by atoms with Gasteiger partial charge in [0.15, 0.2) is 23.3 Å². The monoisotopic (exact) mass is 227 g/mol. The van der Waals surface area contributed by atoms with Crippen molar-refractivity contribution in [1.29, 1.82) is 0 Å². The summed E-state index contributed by atoms with van der Waals surface area (Å²) in [5.74, 6) is -1.24. The first-order valence-electron chi connectivity index (χ1n) is 5.46. The molecular weight excluding hydrogens is 212 g/mol. The van der Waals surface area contributed by atoms with Crippen LogP contribution in [0.2, 0.25) is 0 Å². The predicted octanol–water partition coefficient (Wildman–Crippen LogP) is 2.54. The van der Waals surface area contributed by atoms with E-state index in [-0.39, 0.29) is 17.7 Å². The Balaban J connectivity index is 2.18. The molecule has 1 fully saturated rings. The van der Waals surface area contributed by atoms with Gasteiger partial charge in [-0.15, -0.1) is 0 Å². The third kappa shape index (κ3) is 2.08. The molecule has 0 aliphatic heterocycles. The number of hydrogen-bond donors (Lipinski definition) is 2. The van der Waals surface area contributed by atoms with Crippen molar-refractivity contribution in [3.63, 3.8) is 0 Å². The van der Waals surface area contributed by atoms with E-state index in [1.807, 2.05) is 0 Å². The van der Waals surface area contributed by atoms with Crippen LogP contribution in [-0.4, -0.2) is 11.0 Å². The van der Waals surface area contributed by atoms with Crippen LogP contribution < -0.4 is 11.1 Å². The van der Waals surface area contributed by atoms with Crippen molar-refractivity contribution in [3.8, 4) is 0 Å². The van der Waals surface area contributed by atoms with E-state index in [4.69, 9.17) is 5.73 Å². The van der Waals surface area contributed by atoms with Gasteiger partial charge in [-0.05, 0) is 18.8 Å². The van der Waals surface area contributed by atoms with E-state index in [2.05, 4.69) is 17.2 Å². The number of nitrogens with zero attached hydrogens (tertiary/aromatic N) is 1. The average molecular weight is 227 g/mol. The number of nitrogen functional groups attached to an aromatic ring is 1. The molecule has 1 aromatic heterocycles. The van der Waals surface area contributed by atoms with Crippen molar-refractivity contribution < 1.29 is 8.78 Å². The molecule has 2 atom stereocenters. The molecule has 2 rings (SSSR count). The first-order chi connectivity index (χ1) is 7.58. The van der Waals surface area contributed by atoms with Crippen LogP contribution in [-0.2, 0) is 0 Å². The number of pyridine rings is 1. The maximum atomic E-state index is 13.4. The maximum absolute atomic E-state index is 13.4. The topological polar surface area (TPSA) is 50.9 Å². The number of rotatable bonds is 2. The van der Waals surface area contributed by atoms with Crippen LogP contribution in [0.15, 0.2) is 6.07 Å². The number of nitrogens with one attached hydrogen (secondary N) is 1. The lowest BCUT2D eigenvalue weighted by Gasteiger charge is -2.18. The molecule has 2 unspecified atom stereocenters. The van der Waals surface area contributed by atoms with E-state index in [0.717, 1.165) is 25.3 Å². The van der Waals surface area contributed by atoms with E-state index >= 15 is 0 Å². The molecule has 1 aromatic rings. The van der Waals surface area contributed by atoms with Crippen molar-refractivity contribution in [2.75, 3.05) is 11.1 Å². The lowest BCUT2D eigenvalue weighted by atomic mass is 10.1. The molecule has 0 radical (unpaired) electrons. The smallest absolute Gasteiger partial charge is 0.168 e. The summed E-state index contributed by atoms with van der Waals surface area (Å²) in [7, 11) is 0. The Labute approximate surface area is 93.1 Å². The van der Waals surface area contributed by atoms with Gasteiger partial charge in [0.1, 0.15) is 0 Å². The second-order valence-electron chi connectivity index (χ2n) is 4.34. The van der Waals surface area contributed by atoms with Gasteiger partial charge >= 0.3 is 0 Å². The van der Waals surface area contributed by atoms with Gasteiger partial charge in [0.25, 0.3) is 0 Å². The Hall–Kier alpha value is -1.39. The normalized spacial score (nSPS) is 24.7. The average Bonchev–Trinajstić information content (AvgIpc) is 2.61.